The normalized spacial score (nSPS) is 14.8. The van der Waals surface area contributed by atoms with Gasteiger partial charge in [-0.1, -0.05) is 0 Å². The summed E-state index contributed by atoms with van der Waals surface area (Å²) in [5.74, 6) is -0.325. The number of piperidine rings is 1. The van der Waals surface area contributed by atoms with Crippen molar-refractivity contribution in [1.29, 1.82) is 5.26 Å². The summed E-state index contributed by atoms with van der Waals surface area (Å²) in [6.45, 7) is 5.23. The highest BCUT2D eigenvalue weighted by atomic mass is 19.4. The molecule has 186 valence electrons. The first-order valence-electron chi connectivity index (χ1n) is 11.1. The Bertz CT molecular complexity index is 1120. The van der Waals surface area contributed by atoms with Gasteiger partial charge in [0.2, 0.25) is 5.91 Å². The van der Waals surface area contributed by atoms with Crippen molar-refractivity contribution in [2.24, 2.45) is 16.6 Å². The maximum Gasteiger partial charge on any atom is 0.419 e. The van der Waals surface area contributed by atoms with Crippen molar-refractivity contribution in [1.82, 2.24) is 9.88 Å². The highest BCUT2D eigenvalue weighted by Gasteiger charge is 2.35. The van der Waals surface area contributed by atoms with E-state index in [9.17, 15) is 23.2 Å². The van der Waals surface area contributed by atoms with Crippen LogP contribution < -0.4 is 15.8 Å². The standard InChI is InChI=1S/C24H27F3N6O2/c1-30-19-12-18(32-20(13-28)23(19)31-2)16-3-4-21(17(11-16)24(25,26)27)35-10-7-15-5-8-33(9-6-15)14-22(29)34/h3-4,11-12,15H,2,5-10,14H2,1H3,(H2,29,34)(H,30,32). The molecule has 3 N–H and O–H groups in total. The van der Waals surface area contributed by atoms with E-state index in [4.69, 9.17) is 10.5 Å². The Morgan fingerprint density at radius 1 is 1.37 bits per heavy atom. The number of nitriles is 1. The van der Waals surface area contributed by atoms with E-state index in [0.29, 0.717) is 18.0 Å². The lowest BCUT2D eigenvalue weighted by Crippen LogP contribution is -2.39. The first-order chi connectivity index (χ1) is 16.7. The van der Waals surface area contributed by atoms with Gasteiger partial charge in [0.25, 0.3) is 0 Å². The van der Waals surface area contributed by atoms with E-state index in [1.165, 1.54) is 18.2 Å². The van der Waals surface area contributed by atoms with Crippen LogP contribution in [0.3, 0.4) is 0 Å². The maximum atomic E-state index is 13.9. The molecule has 1 fully saturated rings. The minimum Gasteiger partial charge on any atom is -0.493 e. The number of pyridine rings is 1. The zero-order chi connectivity index (χ0) is 25.6. The van der Waals surface area contributed by atoms with Gasteiger partial charge in [0.15, 0.2) is 5.69 Å². The van der Waals surface area contributed by atoms with Gasteiger partial charge in [-0.25, -0.2) is 4.98 Å². The monoisotopic (exact) mass is 488 g/mol. The number of ether oxygens (including phenoxy) is 1. The van der Waals surface area contributed by atoms with Crippen LogP contribution in [-0.2, 0) is 11.0 Å². The molecule has 3 rings (SSSR count). The van der Waals surface area contributed by atoms with E-state index >= 15 is 0 Å². The molecule has 8 nitrogen and oxygen atoms in total. The molecular weight excluding hydrogens is 461 g/mol. The summed E-state index contributed by atoms with van der Waals surface area (Å²) in [4.78, 5) is 21.0. The molecule has 0 aliphatic carbocycles. The van der Waals surface area contributed by atoms with Crippen LogP contribution in [0.15, 0.2) is 29.3 Å². The molecule has 1 aromatic heterocycles. The molecule has 0 radical (unpaired) electrons. The van der Waals surface area contributed by atoms with Gasteiger partial charge >= 0.3 is 6.18 Å². The number of hydrogen-bond acceptors (Lipinski definition) is 7. The molecule has 1 amide bonds. The lowest BCUT2D eigenvalue weighted by atomic mass is 9.94. The molecule has 2 aromatic rings. The van der Waals surface area contributed by atoms with Crippen molar-refractivity contribution in [3.63, 3.8) is 0 Å². The van der Waals surface area contributed by atoms with Crippen molar-refractivity contribution in [3.8, 4) is 23.1 Å². The third-order valence-corrected chi connectivity index (χ3v) is 5.98. The lowest BCUT2D eigenvalue weighted by molar-refractivity contribution is -0.139. The molecule has 0 atom stereocenters. The van der Waals surface area contributed by atoms with Crippen molar-refractivity contribution in [2.45, 2.75) is 25.4 Å². The van der Waals surface area contributed by atoms with Crippen LogP contribution in [0.2, 0.25) is 0 Å². The van der Waals surface area contributed by atoms with Crippen LogP contribution in [0.1, 0.15) is 30.5 Å². The van der Waals surface area contributed by atoms with E-state index in [2.05, 4.69) is 22.0 Å². The molecule has 35 heavy (non-hydrogen) atoms. The Labute approximate surface area is 201 Å². The second kappa shape index (κ2) is 11.2. The van der Waals surface area contributed by atoms with Gasteiger partial charge in [0, 0.05) is 12.6 Å². The number of alkyl halides is 3. The predicted octanol–water partition coefficient (Wildman–Crippen LogP) is 3.98. The SMILES string of the molecule is C=Nc1c(NC)cc(-c2ccc(OCCC3CCN(CC(N)=O)CC3)c(C(F)(F)F)c2)nc1C#N. The predicted molar refractivity (Wildman–Crippen MR) is 127 cm³/mol. The number of hydrogen-bond donors (Lipinski definition) is 2. The van der Waals surface area contributed by atoms with Crippen LogP contribution in [-0.4, -0.2) is 55.8 Å². The van der Waals surface area contributed by atoms with Crippen LogP contribution in [0.25, 0.3) is 11.3 Å². The first kappa shape index (κ1) is 26.0. The molecule has 1 aliphatic heterocycles. The molecule has 0 unspecified atom stereocenters. The molecule has 0 spiro atoms. The minimum atomic E-state index is -4.64. The smallest absolute Gasteiger partial charge is 0.419 e. The van der Waals surface area contributed by atoms with E-state index in [1.807, 2.05) is 11.0 Å². The quantitative estimate of drug-likeness (QED) is 0.516. The average molecular weight is 489 g/mol. The second-order valence-electron chi connectivity index (χ2n) is 8.30. The number of anilines is 1. The number of nitrogens with two attached hydrogens (primary N) is 1. The van der Waals surface area contributed by atoms with Gasteiger partial charge in [-0.05, 0) is 69.3 Å². The zero-order valence-electron chi connectivity index (χ0n) is 19.4. The number of primary amides is 1. The topological polar surface area (TPSA) is 117 Å². The minimum absolute atomic E-state index is 0.0439. The Balaban J connectivity index is 1.75. The number of aliphatic imine (C=N–C) groups is 1. The summed E-state index contributed by atoms with van der Waals surface area (Å²) in [6.07, 6.45) is -2.37. The van der Waals surface area contributed by atoms with Crippen LogP contribution in [0.5, 0.6) is 5.75 Å². The Morgan fingerprint density at radius 2 is 2.09 bits per heavy atom. The Kier molecular flexibility index (Phi) is 8.30. The fraction of sp³-hybridized carbons (Fsp3) is 0.417. The Morgan fingerprint density at radius 3 is 2.66 bits per heavy atom. The summed E-state index contributed by atoms with van der Waals surface area (Å²) >= 11 is 0. The fourth-order valence-corrected chi connectivity index (χ4v) is 4.14. The van der Waals surface area contributed by atoms with Gasteiger partial charge < -0.3 is 15.8 Å². The van der Waals surface area contributed by atoms with Gasteiger partial charge in [-0.2, -0.15) is 18.4 Å². The van der Waals surface area contributed by atoms with Crippen molar-refractivity contribution in [3.05, 3.63) is 35.5 Å². The van der Waals surface area contributed by atoms with E-state index < -0.39 is 11.7 Å². The fourth-order valence-electron chi connectivity index (χ4n) is 4.14. The van der Waals surface area contributed by atoms with E-state index in [1.54, 1.807) is 7.05 Å². The van der Waals surface area contributed by atoms with Crippen molar-refractivity contribution >= 4 is 24.0 Å². The average Bonchev–Trinajstić information content (AvgIpc) is 2.83. The molecule has 0 saturated carbocycles. The molecule has 1 aliphatic rings. The highest BCUT2D eigenvalue weighted by Crippen LogP contribution is 2.40. The number of rotatable bonds is 9. The van der Waals surface area contributed by atoms with Crippen LogP contribution >= 0.6 is 0 Å². The number of amides is 1. The number of carbonyl (C=O) groups excluding carboxylic acids is 1. The summed E-state index contributed by atoms with van der Waals surface area (Å²) < 4.78 is 47.1. The largest absolute Gasteiger partial charge is 0.493 e. The number of benzene rings is 1. The molecule has 1 saturated heterocycles. The van der Waals surface area contributed by atoms with Gasteiger partial charge in [-0.3, -0.25) is 14.7 Å². The summed E-state index contributed by atoms with van der Waals surface area (Å²) in [5, 5.41) is 12.2. The third kappa shape index (κ3) is 6.48. The van der Waals surface area contributed by atoms with E-state index in [-0.39, 0.29) is 47.4 Å². The maximum absolute atomic E-state index is 13.9. The molecule has 0 bridgehead atoms. The van der Waals surface area contributed by atoms with Gasteiger partial charge in [0.05, 0.1) is 30.1 Å². The number of halogens is 3. The van der Waals surface area contributed by atoms with Crippen molar-refractivity contribution in [2.75, 3.05) is 38.6 Å². The third-order valence-electron chi connectivity index (χ3n) is 5.98. The zero-order valence-corrected chi connectivity index (χ0v) is 19.4. The Hall–Kier alpha value is -3.65. The molecule has 1 aromatic carbocycles. The summed E-state index contributed by atoms with van der Waals surface area (Å²) in [5.41, 5.74) is 5.31. The summed E-state index contributed by atoms with van der Waals surface area (Å²) in [6, 6.07) is 7.15. The van der Waals surface area contributed by atoms with Crippen LogP contribution in [0.4, 0.5) is 24.5 Å². The van der Waals surface area contributed by atoms with Gasteiger partial charge in [-0.15, -0.1) is 0 Å². The molecule has 2 heterocycles. The number of aromatic nitrogens is 1. The highest BCUT2D eigenvalue weighted by molar-refractivity contribution is 5.78. The first-order valence-corrected chi connectivity index (χ1v) is 11.1. The molecular formula is C24H27F3N6O2. The number of carbonyl (C=O) groups is 1. The molecule has 11 heteroatoms. The lowest BCUT2D eigenvalue weighted by Gasteiger charge is -2.31. The van der Waals surface area contributed by atoms with E-state index in [0.717, 1.165) is 32.0 Å². The van der Waals surface area contributed by atoms with Gasteiger partial charge in [0.1, 0.15) is 17.5 Å². The second-order valence-corrected chi connectivity index (χ2v) is 8.30. The number of likely N-dealkylation sites (tertiary alicyclic amines) is 1. The van der Waals surface area contributed by atoms with Crippen molar-refractivity contribution < 1.29 is 22.7 Å². The number of nitrogens with one attached hydrogen (secondary N) is 1. The van der Waals surface area contributed by atoms with Crippen LogP contribution in [0, 0.1) is 17.2 Å². The number of nitrogens with zero attached hydrogens (tertiary/aromatic N) is 4. The summed E-state index contributed by atoms with van der Waals surface area (Å²) in [7, 11) is 1.61.